The maximum atomic E-state index is 11.5. The number of ether oxygens (including phenoxy) is 1. The summed E-state index contributed by atoms with van der Waals surface area (Å²) in [5, 5.41) is 8.65. The summed E-state index contributed by atoms with van der Waals surface area (Å²) >= 11 is 0. The van der Waals surface area contributed by atoms with Gasteiger partial charge in [0.2, 0.25) is 0 Å². The van der Waals surface area contributed by atoms with Crippen molar-refractivity contribution in [2.24, 2.45) is 0 Å². The van der Waals surface area contributed by atoms with Crippen LogP contribution in [0.1, 0.15) is 96.8 Å². The van der Waals surface area contributed by atoms with E-state index in [0.29, 0.717) is 12.8 Å². The van der Waals surface area contributed by atoms with Gasteiger partial charge in [0.25, 0.3) is 0 Å². The Kier molecular flexibility index (Phi) is 15.8. The molecule has 0 amide bonds. The molecule has 0 aliphatic heterocycles. The zero-order valence-corrected chi connectivity index (χ0v) is 14.3. The van der Waals surface area contributed by atoms with Crippen LogP contribution in [0.5, 0.6) is 0 Å². The minimum Gasteiger partial charge on any atom is -0.396 e. The molecule has 0 aromatic rings. The maximum absolute atomic E-state index is 11.5. The van der Waals surface area contributed by atoms with Crippen molar-refractivity contribution in [2.75, 3.05) is 6.61 Å². The van der Waals surface area contributed by atoms with Gasteiger partial charge in [-0.3, -0.25) is 9.59 Å². The molecular formula is C18H34O4. The zero-order valence-electron chi connectivity index (χ0n) is 14.3. The van der Waals surface area contributed by atoms with Gasteiger partial charge in [-0.15, -0.1) is 0 Å². The third-order valence-electron chi connectivity index (χ3n) is 3.75. The molecule has 0 saturated carbocycles. The second-order valence-corrected chi connectivity index (χ2v) is 5.96. The molecule has 0 rings (SSSR count). The Morgan fingerprint density at radius 2 is 1.09 bits per heavy atom. The van der Waals surface area contributed by atoms with Crippen molar-refractivity contribution in [2.45, 2.75) is 96.8 Å². The second-order valence-electron chi connectivity index (χ2n) is 5.96. The number of hydrogen-bond donors (Lipinski definition) is 1. The summed E-state index contributed by atoms with van der Waals surface area (Å²) < 4.78 is 4.81. The first-order chi connectivity index (χ1) is 10.7. The smallest absolute Gasteiger partial charge is 0.313 e. The summed E-state index contributed by atoms with van der Waals surface area (Å²) in [5.74, 6) is -0.755. The third kappa shape index (κ3) is 15.5. The lowest BCUT2D eigenvalue weighted by molar-refractivity contribution is -0.159. The molecule has 0 heterocycles. The number of unbranched alkanes of at least 4 members (excludes halogenated alkanes) is 10. The first kappa shape index (κ1) is 21.1. The molecule has 0 aliphatic carbocycles. The normalized spacial score (nSPS) is 10.6. The summed E-state index contributed by atoms with van der Waals surface area (Å²) in [6.07, 6.45) is 13.2. The van der Waals surface area contributed by atoms with Crippen molar-refractivity contribution >= 4 is 11.9 Å². The van der Waals surface area contributed by atoms with Crippen LogP contribution in [0, 0.1) is 0 Å². The molecule has 0 unspecified atom stereocenters. The van der Waals surface area contributed by atoms with Gasteiger partial charge in [0.05, 0.1) is 0 Å². The van der Waals surface area contributed by atoms with Crippen LogP contribution in [0.3, 0.4) is 0 Å². The third-order valence-corrected chi connectivity index (χ3v) is 3.75. The summed E-state index contributed by atoms with van der Waals surface area (Å²) in [6.45, 7) is 2.44. The van der Waals surface area contributed by atoms with E-state index >= 15 is 0 Å². The summed E-state index contributed by atoms with van der Waals surface area (Å²) in [6, 6.07) is 0. The lowest BCUT2D eigenvalue weighted by Gasteiger charge is -2.04. The average Bonchev–Trinajstić information content (AvgIpc) is 2.50. The van der Waals surface area contributed by atoms with E-state index < -0.39 is 0 Å². The highest BCUT2D eigenvalue weighted by Crippen LogP contribution is 2.09. The highest BCUT2D eigenvalue weighted by Gasteiger charge is 2.09. The minimum absolute atomic E-state index is 0.257. The van der Waals surface area contributed by atoms with Crippen molar-refractivity contribution in [1.82, 2.24) is 0 Å². The van der Waals surface area contributed by atoms with E-state index in [0.717, 1.165) is 57.8 Å². The van der Waals surface area contributed by atoms with Crippen molar-refractivity contribution in [1.29, 1.82) is 0 Å². The number of carbonyl (C=O) groups is 2. The molecule has 130 valence electrons. The molecule has 0 radical (unpaired) electrons. The van der Waals surface area contributed by atoms with Gasteiger partial charge >= 0.3 is 11.9 Å². The Labute approximate surface area is 135 Å². The molecule has 0 saturated heterocycles. The van der Waals surface area contributed by atoms with Crippen LogP contribution in [0.15, 0.2) is 0 Å². The highest BCUT2D eigenvalue weighted by molar-refractivity contribution is 5.85. The molecule has 0 spiro atoms. The predicted octanol–water partition coefficient (Wildman–Crippen LogP) is 4.53. The SMILES string of the molecule is CCCCCCCCC(=O)OC(=O)CCCCCCCCO. The van der Waals surface area contributed by atoms with Crippen LogP contribution < -0.4 is 0 Å². The molecule has 4 heteroatoms. The van der Waals surface area contributed by atoms with Crippen LogP contribution in [0.25, 0.3) is 0 Å². The summed E-state index contributed by atoms with van der Waals surface area (Å²) in [7, 11) is 0. The Morgan fingerprint density at radius 1 is 0.682 bits per heavy atom. The van der Waals surface area contributed by atoms with Gasteiger partial charge in [-0.1, -0.05) is 64.7 Å². The number of carbonyl (C=O) groups excluding carboxylic acids is 2. The van der Waals surface area contributed by atoms with E-state index in [2.05, 4.69) is 6.92 Å². The zero-order chi connectivity index (χ0) is 16.5. The van der Waals surface area contributed by atoms with E-state index in [4.69, 9.17) is 9.84 Å². The van der Waals surface area contributed by atoms with Crippen molar-refractivity contribution < 1.29 is 19.4 Å². The number of aliphatic hydroxyl groups is 1. The Morgan fingerprint density at radius 3 is 1.55 bits per heavy atom. The molecule has 0 fully saturated rings. The van der Waals surface area contributed by atoms with E-state index in [1.165, 1.54) is 19.3 Å². The minimum atomic E-state index is -0.383. The van der Waals surface area contributed by atoms with Crippen LogP contribution in [-0.2, 0) is 14.3 Å². The Bertz CT molecular complexity index is 276. The Hall–Kier alpha value is -0.900. The quantitative estimate of drug-likeness (QED) is 0.274. The molecule has 22 heavy (non-hydrogen) atoms. The molecule has 0 aromatic heterocycles. The standard InChI is InChI=1S/C18H34O4/c1-2-3-4-5-8-11-14-17(20)22-18(21)15-12-9-6-7-10-13-16-19/h19H,2-16H2,1H3. The van der Waals surface area contributed by atoms with E-state index in [1.807, 2.05) is 0 Å². The largest absolute Gasteiger partial charge is 0.396 e. The topological polar surface area (TPSA) is 63.6 Å². The number of rotatable bonds is 15. The fraction of sp³-hybridized carbons (Fsp3) is 0.889. The summed E-state index contributed by atoms with van der Waals surface area (Å²) in [4.78, 5) is 23.0. The van der Waals surface area contributed by atoms with Crippen LogP contribution in [-0.4, -0.2) is 23.7 Å². The predicted molar refractivity (Wildman–Crippen MR) is 88.5 cm³/mol. The number of hydrogen-bond acceptors (Lipinski definition) is 4. The number of esters is 2. The van der Waals surface area contributed by atoms with Gasteiger partial charge in [0.1, 0.15) is 0 Å². The number of aliphatic hydroxyl groups excluding tert-OH is 1. The van der Waals surface area contributed by atoms with E-state index in [1.54, 1.807) is 0 Å². The molecule has 1 N–H and O–H groups in total. The molecular weight excluding hydrogens is 280 g/mol. The van der Waals surface area contributed by atoms with Crippen LogP contribution in [0.2, 0.25) is 0 Å². The van der Waals surface area contributed by atoms with Crippen molar-refractivity contribution in [3.05, 3.63) is 0 Å². The monoisotopic (exact) mass is 314 g/mol. The fourth-order valence-corrected chi connectivity index (χ4v) is 2.37. The molecule has 0 atom stereocenters. The van der Waals surface area contributed by atoms with Gasteiger partial charge in [-0.05, 0) is 19.3 Å². The first-order valence-electron chi connectivity index (χ1n) is 9.05. The maximum Gasteiger partial charge on any atom is 0.313 e. The fourth-order valence-electron chi connectivity index (χ4n) is 2.37. The summed E-state index contributed by atoms with van der Waals surface area (Å²) in [5.41, 5.74) is 0. The molecule has 0 bridgehead atoms. The van der Waals surface area contributed by atoms with Gasteiger partial charge in [0, 0.05) is 19.4 Å². The Balaban J connectivity index is 3.37. The average molecular weight is 314 g/mol. The van der Waals surface area contributed by atoms with Gasteiger partial charge in [-0.2, -0.15) is 0 Å². The van der Waals surface area contributed by atoms with Crippen molar-refractivity contribution in [3.8, 4) is 0 Å². The molecule has 0 aromatic carbocycles. The first-order valence-corrected chi connectivity index (χ1v) is 9.05. The van der Waals surface area contributed by atoms with E-state index in [9.17, 15) is 9.59 Å². The van der Waals surface area contributed by atoms with Crippen LogP contribution >= 0.6 is 0 Å². The lowest BCUT2D eigenvalue weighted by Crippen LogP contribution is -2.11. The lowest BCUT2D eigenvalue weighted by atomic mass is 10.1. The van der Waals surface area contributed by atoms with Gasteiger partial charge in [0.15, 0.2) is 0 Å². The van der Waals surface area contributed by atoms with Gasteiger partial charge < -0.3 is 9.84 Å². The van der Waals surface area contributed by atoms with Crippen LogP contribution in [0.4, 0.5) is 0 Å². The van der Waals surface area contributed by atoms with Crippen molar-refractivity contribution in [3.63, 3.8) is 0 Å². The molecule has 0 aliphatic rings. The van der Waals surface area contributed by atoms with Gasteiger partial charge in [-0.25, -0.2) is 0 Å². The molecule has 4 nitrogen and oxygen atoms in total. The van der Waals surface area contributed by atoms with E-state index in [-0.39, 0.29) is 18.5 Å². The highest BCUT2D eigenvalue weighted by atomic mass is 16.6. The second kappa shape index (κ2) is 16.5.